The minimum Gasteiger partial charge on any atom is -0.399 e. The van der Waals surface area contributed by atoms with Crippen LogP contribution in [0.5, 0.6) is 0 Å². The number of fused-ring (bicyclic) bond motifs is 1. The van der Waals surface area contributed by atoms with E-state index in [1.54, 1.807) is 17.0 Å². The molecule has 0 spiro atoms. The molecular formula is C15H20N4O2. The molecule has 6 nitrogen and oxygen atoms in total. The van der Waals surface area contributed by atoms with Crippen molar-refractivity contribution in [3.63, 3.8) is 0 Å². The van der Waals surface area contributed by atoms with Gasteiger partial charge in [0.1, 0.15) is 6.54 Å². The van der Waals surface area contributed by atoms with Crippen molar-refractivity contribution >= 4 is 17.5 Å². The van der Waals surface area contributed by atoms with Crippen molar-refractivity contribution in [1.82, 2.24) is 14.7 Å². The van der Waals surface area contributed by atoms with Crippen LogP contribution in [-0.4, -0.2) is 66.3 Å². The van der Waals surface area contributed by atoms with E-state index < -0.39 is 0 Å². The van der Waals surface area contributed by atoms with Gasteiger partial charge in [0.25, 0.3) is 5.91 Å². The van der Waals surface area contributed by atoms with Gasteiger partial charge in [0, 0.05) is 44.0 Å². The normalized spacial score (nSPS) is 19.0. The zero-order valence-electron chi connectivity index (χ0n) is 12.2. The number of rotatable bonds is 2. The number of hydrogen-bond donors (Lipinski definition) is 1. The maximum atomic E-state index is 12.3. The van der Waals surface area contributed by atoms with E-state index in [9.17, 15) is 9.59 Å². The van der Waals surface area contributed by atoms with Crippen molar-refractivity contribution in [3.8, 4) is 0 Å². The number of nitrogens with zero attached hydrogens (tertiary/aromatic N) is 3. The number of nitrogens with two attached hydrogens (primary N) is 1. The predicted octanol–water partition coefficient (Wildman–Crippen LogP) is -0.00140. The van der Waals surface area contributed by atoms with Crippen molar-refractivity contribution in [2.45, 2.75) is 6.54 Å². The van der Waals surface area contributed by atoms with Gasteiger partial charge in [-0.25, -0.2) is 0 Å². The summed E-state index contributed by atoms with van der Waals surface area (Å²) in [4.78, 5) is 30.3. The molecular weight excluding hydrogens is 268 g/mol. The van der Waals surface area contributed by atoms with Crippen molar-refractivity contribution < 1.29 is 9.59 Å². The van der Waals surface area contributed by atoms with Crippen LogP contribution in [-0.2, 0) is 11.3 Å². The average Bonchev–Trinajstić information content (AvgIpc) is 2.76. The molecule has 2 aliphatic heterocycles. The maximum Gasteiger partial charge on any atom is 0.255 e. The van der Waals surface area contributed by atoms with Crippen molar-refractivity contribution in [2.75, 3.05) is 45.5 Å². The van der Waals surface area contributed by atoms with E-state index in [-0.39, 0.29) is 18.4 Å². The molecule has 3 rings (SSSR count). The van der Waals surface area contributed by atoms with E-state index in [0.717, 1.165) is 31.7 Å². The van der Waals surface area contributed by atoms with E-state index in [0.29, 0.717) is 17.8 Å². The van der Waals surface area contributed by atoms with E-state index in [2.05, 4.69) is 4.90 Å². The van der Waals surface area contributed by atoms with Crippen LogP contribution < -0.4 is 5.73 Å². The lowest BCUT2D eigenvalue weighted by Gasteiger charge is -2.33. The number of piperazine rings is 1. The summed E-state index contributed by atoms with van der Waals surface area (Å²) in [5, 5.41) is 0. The minimum absolute atomic E-state index is 0.0252. The molecule has 0 atom stereocenters. The molecule has 0 bridgehead atoms. The summed E-state index contributed by atoms with van der Waals surface area (Å²) in [5.74, 6) is -0.0722. The molecule has 2 amide bonds. The Morgan fingerprint density at radius 2 is 1.95 bits per heavy atom. The van der Waals surface area contributed by atoms with Crippen molar-refractivity contribution in [2.24, 2.45) is 0 Å². The Bertz CT molecular complexity index is 579. The number of anilines is 1. The summed E-state index contributed by atoms with van der Waals surface area (Å²) in [6.45, 7) is 3.88. The van der Waals surface area contributed by atoms with Gasteiger partial charge in [-0.3, -0.25) is 9.59 Å². The number of nitrogen functional groups attached to an aromatic ring is 1. The van der Waals surface area contributed by atoms with Crippen LogP contribution in [0, 0.1) is 0 Å². The number of likely N-dealkylation sites (N-methyl/N-ethyl adjacent to an activating group) is 1. The monoisotopic (exact) mass is 288 g/mol. The Kier molecular flexibility index (Phi) is 3.55. The largest absolute Gasteiger partial charge is 0.399 e. The van der Waals surface area contributed by atoms with Crippen LogP contribution in [0.25, 0.3) is 0 Å². The summed E-state index contributed by atoms with van der Waals surface area (Å²) in [7, 11) is 2.05. The second-order valence-corrected chi connectivity index (χ2v) is 5.76. The fourth-order valence-corrected chi connectivity index (χ4v) is 2.83. The van der Waals surface area contributed by atoms with E-state index in [1.165, 1.54) is 0 Å². The Morgan fingerprint density at radius 1 is 1.24 bits per heavy atom. The average molecular weight is 288 g/mol. The van der Waals surface area contributed by atoms with Crippen LogP contribution >= 0.6 is 0 Å². The van der Waals surface area contributed by atoms with Crippen LogP contribution in [0.2, 0.25) is 0 Å². The number of hydrogen-bond acceptors (Lipinski definition) is 4. The molecule has 1 aromatic carbocycles. The van der Waals surface area contributed by atoms with Gasteiger partial charge < -0.3 is 20.4 Å². The lowest BCUT2D eigenvalue weighted by molar-refractivity contribution is -0.133. The summed E-state index contributed by atoms with van der Waals surface area (Å²) >= 11 is 0. The highest BCUT2D eigenvalue weighted by Gasteiger charge is 2.30. The van der Waals surface area contributed by atoms with Crippen molar-refractivity contribution in [1.29, 1.82) is 0 Å². The number of benzene rings is 1. The van der Waals surface area contributed by atoms with Gasteiger partial charge in [-0.1, -0.05) is 6.07 Å². The van der Waals surface area contributed by atoms with Gasteiger partial charge in [-0.2, -0.15) is 0 Å². The highest BCUT2D eigenvalue weighted by Crippen LogP contribution is 2.24. The molecule has 1 aromatic rings. The first kappa shape index (κ1) is 13.9. The van der Waals surface area contributed by atoms with Crippen LogP contribution in [0.15, 0.2) is 18.2 Å². The topological polar surface area (TPSA) is 69.9 Å². The Balaban J connectivity index is 1.64. The quantitative estimate of drug-likeness (QED) is 0.778. The molecule has 21 heavy (non-hydrogen) atoms. The zero-order valence-corrected chi connectivity index (χ0v) is 12.2. The highest BCUT2D eigenvalue weighted by atomic mass is 16.2. The summed E-state index contributed by atoms with van der Waals surface area (Å²) in [6.07, 6.45) is 0. The Hall–Kier alpha value is -2.08. The second kappa shape index (κ2) is 5.37. The van der Waals surface area contributed by atoms with Gasteiger partial charge in [-0.05, 0) is 24.7 Å². The van der Waals surface area contributed by atoms with Crippen molar-refractivity contribution in [3.05, 3.63) is 29.3 Å². The molecule has 1 fully saturated rings. The highest BCUT2D eigenvalue weighted by molar-refractivity contribution is 6.00. The molecule has 2 heterocycles. The van der Waals surface area contributed by atoms with E-state index in [4.69, 9.17) is 5.73 Å². The third-order valence-corrected chi connectivity index (χ3v) is 4.19. The predicted molar refractivity (Wildman–Crippen MR) is 79.7 cm³/mol. The van der Waals surface area contributed by atoms with E-state index in [1.807, 2.05) is 18.0 Å². The SMILES string of the molecule is CN1CCN(C(=O)CN2Cc3ccc(N)cc3C2=O)CC1. The molecule has 2 aliphatic rings. The van der Waals surface area contributed by atoms with Crippen LogP contribution in [0.1, 0.15) is 15.9 Å². The maximum absolute atomic E-state index is 12.3. The summed E-state index contributed by atoms with van der Waals surface area (Å²) in [6, 6.07) is 5.35. The minimum atomic E-state index is -0.0974. The Labute approximate surface area is 124 Å². The molecule has 1 saturated heterocycles. The first-order valence-electron chi connectivity index (χ1n) is 7.18. The van der Waals surface area contributed by atoms with Crippen LogP contribution in [0.3, 0.4) is 0 Å². The van der Waals surface area contributed by atoms with E-state index >= 15 is 0 Å². The third kappa shape index (κ3) is 2.71. The third-order valence-electron chi connectivity index (χ3n) is 4.19. The van der Waals surface area contributed by atoms with Gasteiger partial charge in [0.05, 0.1) is 0 Å². The molecule has 0 aliphatic carbocycles. The molecule has 0 radical (unpaired) electrons. The second-order valence-electron chi connectivity index (χ2n) is 5.76. The standard InChI is InChI=1S/C15H20N4O2/c1-17-4-6-18(7-5-17)14(20)10-19-9-11-2-3-12(16)8-13(11)15(19)21/h2-3,8H,4-7,9-10,16H2,1H3. The molecule has 0 aromatic heterocycles. The first-order chi connectivity index (χ1) is 10.0. The lowest BCUT2D eigenvalue weighted by Crippen LogP contribution is -2.50. The Morgan fingerprint density at radius 3 is 2.67 bits per heavy atom. The smallest absolute Gasteiger partial charge is 0.255 e. The van der Waals surface area contributed by atoms with Gasteiger partial charge in [0.15, 0.2) is 0 Å². The molecule has 0 saturated carbocycles. The number of carbonyl (C=O) groups is 2. The fourth-order valence-electron chi connectivity index (χ4n) is 2.83. The molecule has 0 unspecified atom stereocenters. The van der Waals surface area contributed by atoms with Gasteiger partial charge in [0.2, 0.25) is 5.91 Å². The molecule has 2 N–H and O–H groups in total. The van der Waals surface area contributed by atoms with Crippen LogP contribution in [0.4, 0.5) is 5.69 Å². The fraction of sp³-hybridized carbons (Fsp3) is 0.467. The first-order valence-corrected chi connectivity index (χ1v) is 7.18. The molecule has 6 heteroatoms. The zero-order chi connectivity index (χ0) is 15.0. The van der Waals surface area contributed by atoms with Gasteiger partial charge >= 0.3 is 0 Å². The molecule has 112 valence electrons. The number of amides is 2. The van der Waals surface area contributed by atoms with Gasteiger partial charge in [-0.15, -0.1) is 0 Å². The summed E-state index contributed by atoms with van der Waals surface area (Å²) in [5.41, 5.74) is 7.87. The number of carbonyl (C=O) groups excluding carboxylic acids is 2. The summed E-state index contributed by atoms with van der Waals surface area (Å²) < 4.78 is 0. The lowest BCUT2D eigenvalue weighted by atomic mass is 10.1.